The van der Waals surface area contributed by atoms with Crippen LogP contribution in [-0.2, 0) is 0 Å². The fourth-order valence-corrected chi connectivity index (χ4v) is 7.24. The van der Waals surface area contributed by atoms with Gasteiger partial charge in [-0.1, -0.05) is 121 Å². The second-order valence-corrected chi connectivity index (χ2v) is 12.9. The molecule has 0 aliphatic heterocycles. The topological polar surface area (TPSA) is 51.8 Å². The Bertz CT molecular complexity index is 2910. The van der Waals surface area contributed by atoms with Gasteiger partial charge in [0.15, 0.2) is 5.82 Å². The van der Waals surface area contributed by atoms with Gasteiger partial charge in [0, 0.05) is 45.4 Å². The van der Waals surface area contributed by atoms with E-state index in [0.717, 1.165) is 77.7 Å². The highest BCUT2D eigenvalue weighted by Gasteiger charge is 2.16. The minimum atomic E-state index is 0.673. The fraction of sp³-hybridized carbons (Fsp3) is 0. The first kappa shape index (κ1) is 29.0. The zero-order valence-corrected chi connectivity index (χ0v) is 27.5. The van der Waals surface area contributed by atoms with Crippen LogP contribution in [0.4, 0.5) is 0 Å². The van der Waals surface area contributed by atoms with Crippen LogP contribution in [0.1, 0.15) is 0 Å². The van der Waals surface area contributed by atoms with Gasteiger partial charge in [0.05, 0.1) is 11.4 Å². The minimum absolute atomic E-state index is 0.673. The molecule has 0 aliphatic carbocycles. The Balaban J connectivity index is 1.13. The van der Waals surface area contributed by atoms with Crippen LogP contribution in [0, 0.1) is 0 Å². The summed E-state index contributed by atoms with van der Waals surface area (Å²) in [7, 11) is 0. The highest BCUT2D eigenvalue weighted by Crippen LogP contribution is 2.38. The van der Waals surface area contributed by atoms with E-state index in [4.69, 9.17) is 14.4 Å². The summed E-state index contributed by atoms with van der Waals surface area (Å²) in [6.07, 6.45) is 3.68. The van der Waals surface area contributed by atoms with Crippen LogP contribution in [0.25, 0.3) is 99.6 Å². The molecule has 0 bridgehead atoms. The number of furan rings is 1. The van der Waals surface area contributed by atoms with Gasteiger partial charge in [0.25, 0.3) is 0 Å². The molecule has 0 aliphatic rings. The molecule has 7 aromatic carbocycles. The average molecular weight is 652 g/mol. The lowest BCUT2D eigenvalue weighted by atomic mass is 9.94. The van der Waals surface area contributed by atoms with Gasteiger partial charge < -0.3 is 4.42 Å². The van der Waals surface area contributed by atoms with E-state index in [1.807, 2.05) is 24.4 Å². The van der Waals surface area contributed by atoms with Crippen LogP contribution >= 0.6 is 0 Å². The van der Waals surface area contributed by atoms with Crippen molar-refractivity contribution < 1.29 is 4.42 Å². The Morgan fingerprint density at radius 3 is 1.90 bits per heavy atom. The molecule has 3 aromatic heterocycles. The van der Waals surface area contributed by atoms with Gasteiger partial charge in [-0.2, -0.15) is 0 Å². The van der Waals surface area contributed by atoms with Crippen LogP contribution in [0.5, 0.6) is 0 Å². The first-order valence-corrected chi connectivity index (χ1v) is 17.1. The molecule has 238 valence electrons. The van der Waals surface area contributed by atoms with Crippen LogP contribution < -0.4 is 0 Å². The highest BCUT2D eigenvalue weighted by molar-refractivity contribution is 6.13. The molecular weight excluding hydrogens is 623 g/mol. The molecular formula is C47H29N3O. The normalized spacial score (nSPS) is 11.5. The van der Waals surface area contributed by atoms with Crippen molar-refractivity contribution >= 4 is 43.5 Å². The predicted octanol–water partition coefficient (Wildman–Crippen LogP) is 12.4. The number of nitrogens with zero attached hydrogens (tertiary/aromatic N) is 3. The molecule has 10 rings (SSSR count). The van der Waals surface area contributed by atoms with E-state index in [1.165, 1.54) is 16.2 Å². The Hall–Kier alpha value is -6.91. The molecule has 0 N–H and O–H groups in total. The molecule has 3 heterocycles. The van der Waals surface area contributed by atoms with Crippen molar-refractivity contribution in [3.63, 3.8) is 0 Å². The third-order valence-electron chi connectivity index (χ3n) is 9.78. The number of hydrogen-bond acceptors (Lipinski definition) is 4. The zero-order valence-electron chi connectivity index (χ0n) is 27.5. The van der Waals surface area contributed by atoms with Gasteiger partial charge in [-0.3, -0.25) is 4.98 Å². The van der Waals surface area contributed by atoms with Crippen molar-refractivity contribution in [2.24, 2.45) is 0 Å². The van der Waals surface area contributed by atoms with Crippen molar-refractivity contribution in [1.82, 2.24) is 15.0 Å². The van der Waals surface area contributed by atoms with Crippen molar-refractivity contribution in [2.75, 3.05) is 0 Å². The van der Waals surface area contributed by atoms with Crippen molar-refractivity contribution in [3.05, 3.63) is 176 Å². The molecule has 0 amide bonds. The van der Waals surface area contributed by atoms with Crippen LogP contribution in [0.15, 0.2) is 181 Å². The monoisotopic (exact) mass is 651 g/mol. The standard InChI is InChI=1S/C47H29N3O/c1-2-13-37-34(9-1)27-41(39-15-4-3-14-38(37)39)44-28-43(49-47(50-44)35-11-7-10-32(25-35)36-12-8-24-48-29-36)31-20-18-30(19-21-31)33-22-23-46-42(26-33)40-16-5-6-17-45(40)51-46/h1-29H. The Labute approximate surface area is 294 Å². The predicted molar refractivity (Wildman–Crippen MR) is 209 cm³/mol. The van der Waals surface area contributed by atoms with Crippen LogP contribution in [-0.4, -0.2) is 15.0 Å². The van der Waals surface area contributed by atoms with E-state index < -0.39 is 0 Å². The van der Waals surface area contributed by atoms with Gasteiger partial charge in [-0.15, -0.1) is 0 Å². The molecule has 4 heteroatoms. The van der Waals surface area contributed by atoms with Crippen LogP contribution in [0.3, 0.4) is 0 Å². The smallest absolute Gasteiger partial charge is 0.160 e. The lowest BCUT2D eigenvalue weighted by Gasteiger charge is -2.14. The lowest BCUT2D eigenvalue weighted by molar-refractivity contribution is 0.669. The molecule has 0 spiro atoms. The summed E-state index contributed by atoms with van der Waals surface area (Å²) in [6, 6.07) is 57.3. The Kier molecular flexibility index (Phi) is 6.78. The van der Waals surface area contributed by atoms with Crippen molar-refractivity contribution in [3.8, 4) is 56.2 Å². The summed E-state index contributed by atoms with van der Waals surface area (Å²) in [5.74, 6) is 0.673. The number of rotatable bonds is 5. The zero-order chi connectivity index (χ0) is 33.7. The van der Waals surface area contributed by atoms with E-state index in [0.29, 0.717) is 5.82 Å². The molecule has 0 saturated carbocycles. The molecule has 0 saturated heterocycles. The summed E-state index contributed by atoms with van der Waals surface area (Å²) < 4.78 is 6.08. The third-order valence-corrected chi connectivity index (χ3v) is 9.78. The third kappa shape index (κ3) is 5.13. The molecule has 10 aromatic rings. The summed E-state index contributed by atoms with van der Waals surface area (Å²) in [5, 5.41) is 7.02. The molecule has 0 unspecified atom stereocenters. The quantitative estimate of drug-likeness (QED) is 0.174. The number of pyridine rings is 1. The molecule has 0 atom stereocenters. The van der Waals surface area contributed by atoms with Crippen molar-refractivity contribution in [2.45, 2.75) is 0 Å². The summed E-state index contributed by atoms with van der Waals surface area (Å²) in [4.78, 5) is 14.8. The second-order valence-electron chi connectivity index (χ2n) is 12.9. The van der Waals surface area contributed by atoms with E-state index in [-0.39, 0.29) is 0 Å². The maximum atomic E-state index is 6.08. The van der Waals surface area contributed by atoms with E-state index in [2.05, 4.69) is 151 Å². The first-order valence-electron chi connectivity index (χ1n) is 17.1. The fourth-order valence-electron chi connectivity index (χ4n) is 7.24. The van der Waals surface area contributed by atoms with E-state index >= 15 is 0 Å². The van der Waals surface area contributed by atoms with Gasteiger partial charge in [0.2, 0.25) is 0 Å². The number of para-hydroxylation sites is 1. The van der Waals surface area contributed by atoms with Gasteiger partial charge >= 0.3 is 0 Å². The highest BCUT2D eigenvalue weighted by atomic mass is 16.3. The molecule has 51 heavy (non-hydrogen) atoms. The maximum Gasteiger partial charge on any atom is 0.160 e. The molecule has 0 fully saturated rings. The first-order chi connectivity index (χ1) is 25.2. The summed E-state index contributed by atoms with van der Waals surface area (Å²) in [6.45, 7) is 0. The minimum Gasteiger partial charge on any atom is -0.456 e. The number of fused-ring (bicyclic) bond motifs is 6. The number of aromatic nitrogens is 3. The molecule has 4 nitrogen and oxygen atoms in total. The number of hydrogen-bond donors (Lipinski definition) is 0. The average Bonchev–Trinajstić information content (AvgIpc) is 3.59. The lowest BCUT2D eigenvalue weighted by Crippen LogP contribution is -1.97. The van der Waals surface area contributed by atoms with E-state index in [1.54, 1.807) is 6.20 Å². The Morgan fingerprint density at radius 1 is 0.373 bits per heavy atom. The Morgan fingerprint density at radius 2 is 1.04 bits per heavy atom. The SMILES string of the molecule is c1cncc(-c2cccc(-c3nc(-c4ccc(-c5ccc6oc7ccccc7c6c5)cc4)cc(-c4cc5ccccc5c5ccccc45)n3)c2)c1. The largest absolute Gasteiger partial charge is 0.456 e. The van der Waals surface area contributed by atoms with Crippen LogP contribution in [0.2, 0.25) is 0 Å². The van der Waals surface area contributed by atoms with Gasteiger partial charge in [-0.05, 0) is 80.7 Å². The summed E-state index contributed by atoms with van der Waals surface area (Å²) in [5.41, 5.74) is 11.0. The molecule has 0 radical (unpaired) electrons. The summed E-state index contributed by atoms with van der Waals surface area (Å²) >= 11 is 0. The second kappa shape index (κ2) is 11.9. The van der Waals surface area contributed by atoms with Gasteiger partial charge in [0.1, 0.15) is 11.2 Å². The number of benzene rings is 7. The maximum absolute atomic E-state index is 6.08. The van der Waals surface area contributed by atoms with Gasteiger partial charge in [-0.25, -0.2) is 9.97 Å². The van der Waals surface area contributed by atoms with E-state index in [9.17, 15) is 0 Å². The van der Waals surface area contributed by atoms with Crippen molar-refractivity contribution in [1.29, 1.82) is 0 Å².